The van der Waals surface area contributed by atoms with E-state index in [0.717, 1.165) is 5.01 Å². The quantitative estimate of drug-likeness (QED) is 0.875. The Balaban J connectivity index is 2.37. The fourth-order valence-corrected chi connectivity index (χ4v) is 3.08. The molecule has 1 unspecified atom stereocenters. The van der Waals surface area contributed by atoms with Crippen molar-refractivity contribution >= 4 is 32.8 Å². The third kappa shape index (κ3) is 5.46. The van der Waals surface area contributed by atoms with E-state index in [1.165, 1.54) is 17.6 Å². The van der Waals surface area contributed by atoms with Crippen LogP contribution in [0.25, 0.3) is 0 Å². The van der Waals surface area contributed by atoms with Crippen LogP contribution in [-0.2, 0) is 16.4 Å². The van der Waals surface area contributed by atoms with Crippen molar-refractivity contribution in [3.63, 3.8) is 0 Å². The Bertz CT molecular complexity index is 416. The second-order valence-electron chi connectivity index (χ2n) is 3.43. The van der Waals surface area contributed by atoms with Gasteiger partial charge in [0.25, 0.3) is 0 Å². The van der Waals surface area contributed by atoms with Gasteiger partial charge in [0, 0.05) is 18.8 Å². The zero-order valence-corrected chi connectivity index (χ0v) is 10.9. The van der Waals surface area contributed by atoms with Crippen molar-refractivity contribution in [1.82, 2.24) is 10.3 Å². The molecule has 1 aromatic heterocycles. The Hall–Kier alpha value is -0.170. The van der Waals surface area contributed by atoms with Crippen LogP contribution in [0, 0.1) is 0 Å². The number of sulfone groups is 1. The maximum Gasteiger partial charge on any atom is 0.148 e. The molecule has 0 spiro atoms. The number of halogens is 1. The molecule has 0 bridgehead atoms. The molecule has 0 saturated heterocycles. The largest absolute Gasteiger partial charge is 0.307 e. The monoisotopic (exact) mass is 268 g/mol. The van der Waals surface area contributed by atoms with Crippen LogP contribution in [0.3, 0.4) is 0 Å². The van der Waals surface area contributed by atoms with Crippen LogP contribution in [0.15, 0.2) is 6.20 Å². The molecule has 1 N–H and O–H groups in total. The zero-order valence-electron chi connectivity index (χ0n) is 8.53. The second-order valence-corrected chi connectivity index (χ2v) is 7.36. The van der Waals surface area contributed by atoms with Crippen molar-refractivity contribution in [2.75, 3.05) is 12.0 Å². The van der Waals surface area contributed by atoms with E-state index in [2.05, 4.69) is 10.3 Å². The van der Waals surface area contributed by atoms with Gasteiger partial charge in [0.2, 0.25) is 0 Å². The van der Waals surface area contributed by atoms with Gasteiger partial charge in [-0.15, -0.1) is 11.3 Å². The Morgan fingerprint density at radius 3 is 2.80 bits per heavy atom. The molecule has 0 radical (unpaired) electrons. The molecule has 15 heavy (non-hydrogen) atoms. The smallest absolute Gasteiger partial charge is 0.148 e. The van der Waals surface area contributed by atoms with Gasteiger partial charge < -0.3 is 5.32 Å². The predicted octanol–water partition coefficient (Wildman–Crippen LogP) is 1.32. The molecule has 0 aliphatic heterocycles. The van der Waals surface area contributed by atoms with E-state index >= 15 is 0 Å². The van der Waals surface area contributed by atoms with Crippen LogP contribution in [-0.4, -0.2) is 31.5 Å². The van der Waals surface area contributed by atoms with Crippen molar-refractivity contribution in [1.29, 1.82) is 0 Å². The topological polar surface area (TPSA) is 59.1 Å². The lowest BCUT2D eigenvalue weighted by Gasteiger charge is -2.10. The van der Waals surface area contributed by atoms with E-state index in [0.29, 0.717) is 10.9 Å². The third-order valence-electron chi connectivity index (χ3n) is 1.68. The lowest BCUT2D eigenvalue weighted by molar-refractivity contribution is 0.559. The van der Waals surface area contributed by atoms with E-state index in [1.54, 1.807) is 6.20 Å². The minimum atomic E-state index is -2.93. The molecule has 0 aliphatic carbocycles. The fourth-order valence-electron chi connectivity index (χ4n) is 1.14. The Kier molecular flexibility index (Phi) is 4.51. The molecule has 0 amide bonds. The van der Waals surface area contributed by atoms with Gasteiger partial charge in [-0.1, -0.05) is 11.6 Å². The lowest BCUT2D eigenvalue weighted by Crippen LogP contribution is -2.32. The predicted molar refractivity (Wildman–Crippen MR) is 63.1 cm³/mol. The van der Waals surface area contributed by atoms with Crippen LogP contribution in [0.5, 0.6) is 0 Å². The fraction of sp³-hybridized carbons (Fsp3) is 0.625. The molecule has 1 rings (SSSR count). The molecule has 86 valence electrons. The summed E-state index contributed by atoms with van der Waals surface area (Å²) >= 11 is 7.10. The van der Waals surface area contributed by atoms with Crippen LogP contribution >= 0.6 is 22.9 Å². The summed E-state index contributed by atoms with van der Waals surface area (Å²) in [6, 6.07) is -0.0809. The SMILES string of the molecule is CC(CS(C)(=O)=O)NCc1ncc(Cl)s1. The number of aromatic nitrogens is 1. The minimum Gasteiger partial charge on any atom is -0.307 e. The summed E-state index contributed by atoms with van der Waals surface area (Å²) in [6.07, 6.45) is 2.82. The highest BCUT2D eigenvalue weighted by Gasteiger charge is 2.10. The number of nitrogens with zero attached hydrogens (tertiary/aromatic N) is 1. The summed E-state index contributed by atoms with van der Waals surface area (Å²) in [6.45, 7) is 2.38. The summed E-state index contributed by atoms with van der Waals surface area (Å²) < 4.78 is 22.6. The van der Waals surface area contributed by atoms with Crippen LogP contribution in [0.2, 0.25) is 4.34 Å². The Morgan fingerprint density at radius 1 is 1.67 bits per heavy atom. The zero-order chi connectivity index (χ0) is 11.5. The summed E-state index contributed by atoms with van der Waals surface area (Å²) in [7, 11) is -2.93. The first-order valence-corrected chi connectivity index (χ1v) is 7.63. The maximum atomic E-state index is 11.0. The molecular weight excluding hydrogens is 256 g/mol. The van der Waals surface area contributed by atoms with Gasteiger partial charge in [0.05, 0.1) is 11.9 Å². The number of rotatable bonds is 5. The van der Waals surface area contributed by atoms with Crippen LogP contribution in [0.4, 0.5) is 0 Å². The lowest BCUT2D eigenvalue weighted by atomic mass is 10.4. The first-order valence-electron chi connectivity index (χ1n) is 4.38. The van der Waals surface area contributed by atoms with Crippen LogP contribution in [0.1, 0.15) is 11.9 Å². The van der Waals surface area contributed by atoms with E-state index in [9.17, 15) is 8.42 Å². The normalized spacial score (nSPS) is 14.1. The molecular formula is C8H13ClN2O2S2. The molecule has 1 heterocycles. The average molecular weight is 269 g/mol. The summed E-state index contributed by atoms with van der Waals surface area (Å²) in [5, 5.41) is 3.94. The van der Waals surface area contributed by atoms with Gasteiger partial charge in [0.15, 0.2) is 0 Å². The Morgan fingerprint density at radius 2 is 2.33 bits per heavy atom. The number of hydrogen-bond acceptors (Lipinski definition) is 5. The molecule has 0 saturated carbocycles. The van der Waals surface area contributed by atoms with Crippen molar-refractivity contribution in [3.8, 4) is 0 Å². The van der Waals surface area contributed by atoms with Crippen LogP contribution < -0.4 is 5.32 Å². The highest BCUT2D eigenvalue weighted by atomic mass is 35.5. The summed E-state index contributed by atoms with van der Waals surface area (Å²) in [5.41, 5.74) is 0. The van der Waals surface area contributed by atoms with E-state index in [1.807, 2.05) is 6.92 Å². The van der Waals surface area contributed by atoms with Crippen molar-refractivity contribution in [2.45, 2.75) is 19.5 Å². The number of hydrogen-bond donors (Lipinski definition) is 1. The molecule has 1 aromatic rings. The molecule has 7 heteroatoms. The summed E-state index contributed by atoms with van der Waals surface area (Å²) in [4.78, 5) is 4.06. The Labute approximate surface area is 98.6 Å². The standard InChI is InChI=1S/C8H13ClN2O2S2/c1-6(5-15(2,12)13)10-4-8-11-3-7(9)14-8/h3,6,10H,4-5H2,1-2H3. The molecule has 4 nitrogen and oxygen atoms in total. The van der Waals surface area contributed by atoms with E-state index < -0.39 is 9.84 Å². The minimum absolute atomic E-state index is 0.0809. The van der Waals surface area contributed by atoms with E-state index in [4.69, 9.17) is 11.6 Å². The maximum absolute atomic E-state index is 11.0. The molecule has 1 atom stereocenters. The van der Waals surface area contributed by atoms with Gasteiger partial charge in [-0.2, -0.15) is 0 Å². The number of nitrogens with one attached hydrogen (secondary N) is 1. The van der Waals surface area contributed by atoms with Gasteiger partial charge in [-0.05, 0) is 6.92 Å². The first-order chi connectivity index (χ1) is 6.87. The molecule has 0 fully saturated rings. The highest BCUT2D eigenvalue weighted by molar-refractivity contribution is 7.90. The summed E-state index contributed by atoms with van der Waals surface area (Å²) in [5.74, 6) is 0.131. The number of thiazole rings is 1. The second kappa shape index (κ2) is 5.25. The molecule has 0 aromatic carbocycles. The van der Waals surface area contributed by atoms with E-state index in [-0.39, 0.29) is 11.8 Å². The van der Waals surface area contributed by atoms with Gasteiger partial charge in [-0.3, -0.25) is 0 Å². The highest BCUT2D eigenvalue weighted by Crippen LogP contribution is 2.17. The average Bonchev–Trinajstić information content (AvgIpc) is 2.45. The van der Waals surface area contributed by atoms with Gasteiger partial charge in [0.1, 0.15) is 19.2 Å². The van der Waals surface area contributed by atoms with Crippen molar-refractivity contribution in [2.24, 2.45) is 0 Å². The first kappa shape index (κ1) is 12.9. The third-order valence-corrected chi connectivity index (χ3v) is 3.90. The van der Waals surface area contributed by atoms with Crippen molar-refractivity contribution < 1.29 is 8.42 Å². The van der Waals surface area contributed by atoms with Crippen molar-refractivity contribution in [3.05, 3.63) is 15.5 Å². The molecule has 0 aliphatic rings. The van der Waals surface area contributed by atoms with Gasteiger partial charge in [-0.25, -0.2) is 13.4 Å². The van der Waals surface area contributed by atoms with Gasteiger partial charge >= 0.3 is 0 Å².